The SMILES string of the molecule is C.C.C1CC2C3CCC(C3)C2C1.CC.CC.CC(C)(C(F)(F)F)C(F)(F)F.CC(C)(C(F)(F)F)C(F)(F)F.CC(C)(C)C.CC(C)(C)C.c1ccccc1.c1ccccc1. The second-order valence-electron chi connectivity index (χ2n) is 18.1. The van der Waals surface area contributed by atoms with Gasteiger partial charge in [0.25, 0.3) is 0 Å². The molecule has 3 aliphatic rings. The highest BCUT2D eigenvalue weighted by molar-refractivity contribution is 5.00. The van der Waals surface area contributed by atoms with Gasteiger partial charge in [0.15, 0.2) is 10.8 Å². The number of rotatable bonds is 0. The van der Waals surface area contributed by atoms with E-state index < -0.39 is 35.5 Å². The van der Waals surface area contributed by atoms with Gasteiger partial charge in [-0.2, -0.15) is 52.7 Å². The maximum atomic E-state index is 11.6. The van der Waals surface area contributed by atoms with E-state index in [9.17, 15) is 52.7 Å². The molecule has 3 fully saturated rings. The summed E-state index contributed by atoms with van der Waals surface area (Å²) in [7, 11) is 0. The third-order valence-electron chi connectivity index (χ3n) is 8.52. The lowest BCUT2D eigenvalue weighted by Gasteiger charge is -2.29. The van der Waals surface area contributed by atoms with Crippen LogP contribution in [0, 0.1) is 45.3 Å². The standard InChI is InChI=1S/C10H16.2C6H6.2C5H6F6.2C5H12.2C2H6.2CH4/c1-2-9-7-4-5-8(6-7)10(9)3-1;2*1-2-4-6-5-3-1;2*1-3(2,4(6,7)8)5(9,10)11;2*1-5(2,3)4;2*1-2;;/h7-10H,1-6H2;2*1-6H;2*1-2H3;2*1-4H3;2*1-2H3;2*1H4. The molecule has 360 valence electrons. The number of fused-ring (bicyclic) bond motifs is 5. The maximum absolute atomic E-state index is 11.6. The lowest BCUT2D eigenvalue weighted by Crippen LogP contribution is -2.44. The number of hydrogen-bond donors (Lipinski definition) is 0. The minimum absolute atomic E-state index is 0. The Labute approximate surface area is 359 Å². The van der Waals surface area contributed by atoms with Crippen LogP contribution < -0.4 is 0 Å². The van der Waals surface area contributed by atoms with Gasteiger partial charge in [-0.3, -0.25) is 0 Å². The Morgan fingerprint density at radius 3 is 0.583 bits per heavy atom. The van der Waals surface area contributed by atoms with E-state index in [0.29, 0.717) is 10.8 Å². The van der Waals surface area contributed by atoms with Crippen molar-refractivity contribution in [2.75, 3.05) is 0 Å². The topological polar surface area (TPSA) is 0 Å². The van der Waals surface area contributed by atoms with Crippen LogP contribution in [0.15, 0.2) is 72.8 Å². The molecule has 4 unspecified atom stereocenters. The van der Waals surface area contributed by atoms with Crippen LogP contribution >= 0.6 is 0 Å². The van der Waals surface area contributed by atoms with Gasteiger partial charge in [0.05, 0.1) is 0 Å². The molecule has 3 aliphatic carbocycles. The van der Waals surface area contributed by atoms with Crippen LogP contribution in [-0.2, 0) is 0 Å². The van der Waals surface area contributed by atoms with Crippen molar-refractivity contribution in [3.63, 3.8) is 0 Å². The van der Waals surface area contributed by atoms with Crippen LogP contribution in [-0.4, -0.2) is 24.7 Å². The van der Waals surface area contributed by atoms with Gasteiger partial charge in [-0.15, -0.1) is 0 Å². The van der Waals surface area contributed by atoms with E-state index in [4.69, 9.17) is 0 Å². The Balaban J connectivity index is -0.000000142. The molecule has 0 heterocycles. The van der Waals surface area contributed by atoms with E-state index in [2.05, 4.69) is 55.4 Å². The molecule has 5 rings (SSSR count). The average molecular weight is 889 g/mol. The third-order valence-corrected chi connectivity index (χ3v) is 8.52. The van der Waals surface area contributed by atoms with Gasteiger partial charge in [-0.05, 0) is 94.3 Å². The summed E-state index contributed by atoms with van der Waals surface area (Å²) in [5, 5.41) is 0. The first-order valence-corrected chi connectivity index (χ1v) is 20.2. The molecular formula is C48H84F12. The first kappa shape index (κ1) is 69.3. The fraction of sp³-hybridized carbons (Fsp3) is 0.750. The molecule has 0 nitrogen and oxygen atoms in total. The van der Waals surface area contributed by atoms with Gasteiger partial charge in [-0.25, -0.2) is 0 Å². The predicted molar refractivity (Wildman–Crippen MR) is 233 cm³/mol. The third kappa shape index (κ3) is 31.4. The first-order valence-electron chi connectivity index (χ1n) is 20.2. The molecule has 2 aromatic rings. The smallest absolute Gasteiger partial charge is 0.170 e. The fourth-order valence-electron chi connectivity index (χ4n) is 5.11. The van der Waals surface area contributed by atoms with Crippen LogP contribution in [0.4, 0.5) is 52.7 Å². The van der Waals surface area contributed by atoms with E-state index >= 15 is 0 Å². The molecule has 0 saturated heterocycles. The highest BCUT2D eigenvalue weighted by atomic mass is 19.4. The second kappa shape index (κ2) is 30.6. The fourth-order valence-corrected chi connectivity index (χ4v) is 5.11. The molecule has 0 aliphatic heterocycles. The molecular weight excluding hydrogens is 805 g/mol. The Morgan fingerprint density at radius 1 is 0.317 bits per heavy atom. The van der Waals surface area contributed by atoms with Crippen molar-refractivity contribution in [1.82, 2.24) is 0 Å². The molecule has 12 heteroatoms. The van der Waals surface area contributed by atoms with E-state index in [-0.39, 0.29) is 42.5 Å². The van der Waals surface area contributed by atoms with Crippen molar-refractivity contribution in [3.05, 3.63) is 72.8 Å². The van der Waals surface area contributed by atoms with Crippen LogP contribution in [0.5, 0.6) is 0 Å². The van der Waals surface area contributed by atoms with Crippen molar-refractivity contribution in [2.24, 2.45) is 45.3 Å². The summed E-state index contributed by atoms with van der Waals surface area (Å²) >= 11 is 0. The summed E-state index contributed by atoms with van der Waals surface area (Å²) < 4.78 is 139. The summed E-state index contributed by atoms with van der Waals surface area (Å²) in [6.45, 7) is 25.9. The summed E-state index contributed by atoms with van der Waals surface area (Å²) in [6.07, 6.45) is -11.4. The zero-order valence-corrected chi connectivity index (χ0v) is 38.0. The second-order valence-corrected chi connectivity index (χ2v) is 18.1. The van der Waals surface area contributed by atoms with Crippen LogP contribution in [0.25, 0.3) is 0 Å². The van der Waals surface area contributed by atoms with Crippen LogP contribution in [0.3, 0.4) is 0 Å². The first-order chi connectivity index (χ1) is 25.9. The quantitative estimate of drug-likeness (QED) is 0.231. The molecule has 3 saturated carbocycles. The minimum Gasteiger partial charge on any atom is -0.170 e. The van der Waals surface area contributed by atoms with Gasteiger partial charge < -0.3 is 0 Å². The normalized spacial score (nSPS) is 19.0. The molecule has 0 spiro atoms. The largest absolute Gasteiger partial charge is 0.402 e. The molecule has 4 atom stereocenters. The monoisotopic (exact) mass is 889 g/mol. The summed E-state index contributed by atoms with van der Waals surface area (Å²) in [6, 6.07) is 24.0. The van der Waals surface area contributed by atoms with Crippen molar-refractivity contribution in [1.29, 1.82) is 0 Å². The van der Waals surface area contributed by atoms with Gasteiger partial charge in [-0.1, -0.05) is 177 Å². The van der Waals surface area contributed by atoms with Crippen LogP contribution in [0.1, 0.15) is 164 Å². The number of halogens is 12. The van der Waals surface area contributed by atoms with E-state index in [1.165, 1.54) is 23.7 Å². The van der Waals surface area contributed by atoms with Crippen LogP contribution in [0.2, 0.25) is 0 Å². The van der Waals surface area contributed by atoms with E-state index in [1.807, 2.05) is 100 Å². The molecule has 2 bridgehead atoms. The lowest BCUT2D eigenvalue weighted by molar-refractivity contribution is -0.328. The predicted octanol–water partition coefficient (Wildman–Crippen LogP) is 19.9. The van der Waals surface area contributed by atoms with Gasteiger partial charge >= 0.3 is 24.7 Å². The Hall–Kier alpha value is -2.40. The Bertz CT molecular complexity index is 1020. The maximum Gasteiger partial charge on any atom is 0.402 e. The zero-order chi connectivity index (χ0) is 47.0. The van der Waals surface area contributed by atoms with Gasteiger partial charge in [0.2, 0.25) is 0 Å². The Morgan fingerprint density at radius 2 is 0.467 bits per heavy atom. The van der Waals surface area contributed by atoms with E-state index in [1.54, 1.807) is 38.5 Å². The number of hydrogen-bond acceptors (Lipinski definition) is 0. The van der Waals surface area contributed by atoms with Gasteiger partial charge in [0, 0.05) is 0 Å². The molecule has 0 N–H and O–H groups in total. The summed E-state index contributed by atoms with van der Waals surface area (Å²) in [4.78, 5) is 0. The molecule has 2 aromatic carbocycles. The van der Waals surface area contributed by atoms with Gasteiger partial charge in [0.1, 0.15) is 0 Å². The minimum atomic E-state index is -5.24. The molecule has 60 heavy (non-hydrogen) atoms. The molecule has 0 aromatic heterocycles. The summed E-state index contributed by atoms with van der Waals surface area (Å²) in [5.74, 6) is 4.80. The van der Waals surface area contributed by atoms with E-state index in [0.717, 1.165) is 0 Å². The molecule has 0 radical (unpaired) electrons. The molecule has 0 amide bonds. The lowest BCUT2D eigenvalue weighted by atomic mass is 9.82. The van der Waals surface area contributed by atoms with Crippen molar-refractivity contribution < 1.29 is 52.7 Å². The number of alkyl halides is 12. The Kier molecular flexibility index (Phi) is 35.4. The summed E-state index contributed by atoms with van der Waals surface area (Å²) in [5.41, 5.74) is -6.25. The van der Waals surface area contributed by atoms with Crippen molar-refractivity contribution in [2.45, 2.75) is 189 Å². The average Bonchev–Trinajstić information content (AvgIpc) is 3.83. The highest BCUT2D eigenvalue weighted by Gasteiger charge is 2.65. The van der Waals surface area contributed by atoms with Crippen molar-refractivity contribution >= 4 is 0 Å². The zero-order valence-electron chi connectivity index (χ0n) is 38.0. The van der Waals surface area contributed by atoms with Crippen molar-refractivity contribution in [3.8, 4) is 0 Å². The number of benzene rings is 2. The highest BCUT2D eigenvalue weighted by Crippen LogP contribution is 2.58.